The number of ether oxygens (including phenoxy) is 2. The van der Waals surface area contributed by atoms with Gasteiger partial charge in [-0.1, -0.05) is 0 Å². The number of nitrogens with zero attached hydrogens (tertiary/aromatic N) is 4. The van der Waals surface area contributed by atoms with Crippen LogP contribution in [0.4, 0.5) is 0 Å². The lowest BCUT2D eigenvalue weighted by molar-refractivity contribution is 0.156. The van der Waals surface area contributed by atoms with Crippen molar-refractivity contribution in [2.24, 2.45) is 21.5 Å². The van der Waals surface area contributed by atoms with Crippen molar-refractivity contribution >= 4 is 11.9 Å². The van der Waals surface area contributed by atoms with Gasteiger partial charge in [-0.05, 0) is 25.2 Å². The highest BCUT2D eigenvalue weighted by molar-refractivity contribution is 5.96. The highest BCUT2D eigenvalue weighted by Crippen LogP contribution is 2.31. The van der Waals surface area contributed by atoms with Crippen LogP contribution < -0.4 is 31.6 Å². The largest absolute Gasteiger partial charge is 0.493 e. The summed E-state index contributed by atoms with van der Waals surface area (Å²) in [6.45, 7) is 5.90. The number of hydrogen-bond donors (Lipinski definition) is 4. The van der Waals surface area contributed by atoms with Gasteiger partial charge in [-0.3, -0.25) is 10.6 Å². The summed E-state index contributed by atoms with van der Waals surface area (Å²) in [6, 6.07) is 5.37. The molecule has 0 aliphatic carbocycles. The van der Waals surface area contributed by atoms with Crippen molar-refractivity contribution in [3.8, 4) is 11.5 Å². The number of nitrogens with two attached hydrogens (primary N) is 2. The summed E-state index contributed by atoms with van der Waals surface area (Å²) in [7, 11) is 5.30. The molecule has 0 amide bonds. The zero-order valence-corrected chi connectivity index (χ0v) is 16.7. The Morgan fingerprint density at radius 3 is 2.57 bits per heavy atom. The minimum absolute atomic E-state index is 0.203. The summed E-state index contributed by atoms with van der Waals surface area (Å²) >= 11 is 0. The maximum absolute atomic E-state index is 6.49. The van der Waals surface area contributed by atoms with E-state index in [2.05, 4.69) is 37.5 Å². The topological polar surface area (TPSA) is 126 Å². The summed E-state index contributed by atoms with van der Waals surface area (Å²) in [5, 5.41) is 6.18. The first-order valence-electron chi connectivity index (χ1n) is 9.32. The van der Waals surface area contributed by atoms with Crippen LogP contribution in [0.3, 0.4) is 0 Å². The molecule has 3 rings (SSSR count). The summed E-state index contributed by atoms with van der Waals surface area (Å²) < 4.78 is 10.6. The molecule has 1 fully saturated rings. The third-order valence-corrected chi connectivity index (χ3v) is 4.96. The van der Waals surface area contributed by atoms with Crippen LogP contribution in [0.5, 0.6) is 11.5 Å². The third-order valence-electron chi connectivity index (χ3n) is 4.96. The maximum atomic E-state index is 6.49. The van der Waals surface area contributed by atoms with Gasteiger partial charge in [-0.15, -0.1) is 0 Å². The summed E-state index contributed by atoms with van der Waals surface area (Å²) in [4.78, 5) is 13.5. The normalized spacial score (nSPS) is 23.4. The average molecular weight is 390 g/mol. The molecule has 28 heavy (non-hydrogen) atoms. The number of piperazine rings is 1. The third kappa shape index (κ3) is 4.64. The van der Waals surface area contributed by atoms with Crippen LogP contribution in [0.15, 0.2) is 28.2 Å². The van der Waals surface area contributed by atoms with Crippen molar-refractivity contribution < 1.29 is 9.47 Å². The van der Waals surface area contributed by atoms with Crippen molar-refractivity contribution in [2.75, 3.05) is 60.5 Å². The number of likely N-dealkylation sites (N-methyl/N-ethyl adjacent to an activating group) is 1. The number of rotatable bonds is 6. The predicted molar refractivity (Wildman–Crippen MR) is 110 cm³/mol. The molecule has 0 bridgehead atoms. The van der Waals surface area contributed by atoms with Crippen LogP contribution in [0.25, 0.3) is 0 Å². The molecular weight excluding hydrogens is 360 g/mol. The fraction of sp³-hybridized carbons (Fsp3) is 0.556. The average Bonchev–Trinajstić information content (AvgIpc) is 2.68. The van der Waals surface area contributed by atoms with E-state index in [9.17, 15) is 0 Å². The van der Waals surface area contributed by atoms with E-state index in [0.29, 0.717) is 29.6 Å². The quantitative estimate of drug-likeness (QED) is 0.481. The molecule has 6 N–H and O–H groups in total. The van der Waals surface area contributed by atoms with Crippen molar-refractivity contribution in [2.45, 2.75) is 5.79 Å². The molecule has 1 aromatic rings. The lowest BCUT2D eigenvalue weighted by Crippen LogP contribution is -2.58. The molecule has 0 saturated carbocycles. The summed E-state index contributed by atoms with van der Waals surface area (Å²) in [5.41, 5.74) is 13.1. The standard InChI is InChI=1S/C18H30N8O2/c1-25-8-10-26(11-9-25)7-6-21-17-22-16(19)23-18(20,24-17)13-4-5-14(27-2)15(12-13)28-3/h4-5,12H,6-11,20H2,1-3H3,(H4,19,21,22,23,24). The summed E-state index contributed by atoms with van der Waals surface area (Å²) in [6.07, 6.45) is 0. The first kappa shape index (κ1) is 20.2. The number of methoxy groups -OCH3 is 2. The molecule has 10 heteroatoms. The van der Waals surface area contributed by atoms with E-state index in [-0.39, 0.29) is 5.96 Å². The number of nitrogens with one attached hydrogen (secondary N) is 2. The van der Waals surface area contributed by atoms with Gasteiger partial charge in [0.05, 0.1) is 14.2 Å². The van der Waals surface area contributed by atoms with E-state index < -0.39 is 5.79 Å². The fourth-order valence-electron chi connectivity index (χ4n) is 3.24. The van der Waals surface area contributed by atoms with E-state index in [0.717, 1.165) is 32.7 Å². The summed E-state index contributed by atoms with van der Waals surface area (Å²) in [5.74, 6) is 0.535. The van der Waals surface area contributed by atoms with E-state index in [1.165, 1.54) is 0 Å². The molecule has 1 atom stereocenters. The Balaban J connectivity index is 1.68. The molecule has 0 radical (unpaired) electrons. The molecular formula is C18H30N8O2. The van der Waals surface area contributed by atoms with Gasteiger partial charge < -0.3 is 30.7 Å². The highest BCUT2D eigenvalue weighted by atomic mass is 16.5. The fourth-order valence-corrected chi connectivity index (χ4v) is 3.24. The van der Waals surface area contributed by atoms with Crippen molar-refractivity contribution in [1.29, 1.82) is 0 Å². The smallest absolute Gasteiger partial charge is 0.225 e. The first-order chi connectivity index (χ1) is 13.4. The molecule has 1 saturated heterocycles. The van der Waals surface area contributed by atoms with E-state index >= 15 is 0 Å². The van der Waals surface area contributed by atoms with Gasteiger partial charge >= 0.3 is 0 Å². The van der Waals surface area contributed by atoms with Gasteiger partial charge in [0.25, 0.3) is 0 Å². The SMILES string of the molecule is COc1ccc(C2(N)N=C(NCCN3CCN(C)CC3)N=C(N)N2)cc1OC. The molecule has 2 aliphatic rings. The Morgan fingerprint density at radius 2 is 1.89 bits per heavy atom. The first-order valence-corrected chi connectivity index (χ1v) is 9.32. The second-order valence-corrected chi connectivity index (χ2v) is 6.97. The van der Waals surface area contributed by atoms with Crippen LogP contribution in [0, 0.1) is 0 Å². The van der Waals surface area contributed by atoms with Gasteiger partial charge in [0.15, 0.2) is 17.5 Å². The molecule has 2 aliphatic heterocycles. The molecule has 0 aromatic heterocycles. The molecule has 2 heterocycles. The molecule has 1 unspecified atom stereocenters. The number of hydrogen-bond acceptors (Lipinski definition) is 10. The minimum Gasteiger partial charge on any atom is -0.493 e. The minimum atomic E-state index is -1.25. The van der Waals surface area contributed by atoms with Crippen molar-refractivity contribution in [1.82, 2.24) is 20.4 Å². The van der Waals surface area contributed by atoms with Gasteiger partial charge in [-0.25, -0.2) is 4.99 Å². The Kier molecular flexibility index (Phi) is 6.22. The zero-order chi connectivity index (χ0) is 20.1. The monoisotopic (exact) mass is 390 g/mol. The lowest BCUT2D eigenvalue weighted by Gasteiger charge is -2.33. The van der Waals surface area contributed by atoms with Gasteiger partial charge in [-0.2, -0.15) is 4.99 Å². The van der Waals surface area contributed by atoms with Crippen LogP contribution in [0.2, 0.25) is 0 Å². The highest BCUT2D eigenvalue weighted by Gasteiger charge is 2.32. The zero-order valence-electron chi connectivity index (χ0n) is 16.7. The molecule has 154 valence electrons. The Bertz CT molecular complexity index is 745. The van der Waals surface area contributed by atoms with Crippen LogP contribution in [0.1, 0.15) is 5.56 Å². The Hall–Kier alpha value is -2.56. The number of aliphatic imine (C=N–C) groups is 2. The van der Waals surface area contributed by atoms with Gasteiger partial charge in [0, 0.05) is 44.8 Å². The van der Waals surface area contributed by atoms with E-state index in [1.54, 1.807) is 26.4 Å². The molecule has 0 spiro atoms. The van der Waals surface area contributed by atoms with Crippen LogP contribution >= 0.6 is 0 Å². The second kappa shape index (κ2) is 8.63. The van der Waals surface area contributed by atoms with Crippen LogP contribution in [-0.4, -0.2) is 82.3 Å². The second-order valence-electron chi connectivity index (χ2n) is 6.97. The number of benzene rings is 1. The molecule has 10 nitrogen and oxygen atoms in total. The van der Waals surface area contributed by atoms with Gasteiger partial charge in [0.1, 0.15) is 0 Å². The molecule has 1 aromatic carbocycles. The van der Waals surface area contributed by atoms with E-state index in [4.69, 9.17) is 20.9 Å². The van der Waals surface area contributed by atoms with Crippen molar-refractivity contribution in [3.05, 3.63) is 23.8 Å². The number of guanidine groups is 2. The Labute approximate surface area is 165 Å². The Morgan fingerprint density at radius 1 is 1.18 bits per heavy atom. The predicted octanol–water partition coefficient (Wildman–Crippen LogP) is -1.12. The van der Waals surface area contributed by atoms with E-state index in [1.807, 2.05) is 6.07 Å². The lowest BCUT2D eigenvalue weighted by atomic mass is 10.1. The van der Waals surface area contributed by atoms with Crippen molar-refractivity contribution in [3.63, 3.8) is 0 Å². The maximum Gasteiger partial charge on any atom is 0.225 e. The van der Waals surface area contributed by atoms with Crippen LogP contribution in [-0.2, 0) is 5.79 Å². The van der Waals surface area contributed by atoms with Gasteiger partial charge in [0.2, 0.25) is 11.7 Å².